The van der Waals surface area contributed by atoms with Crippen LogP contribution in [0.2, 0.25) is 0 Å². The highest BCUT2D eigenvalue weighted by atomic mass is 32.2. The molecule has 1 fully saturated rings. The summed E-state index contributed by atoms with van der Waals surface area (Å²) >= 11 is 1.96. The standard InChI is InChI=1S/C21H26N2S/c1-3-16-8-9-18-19(23-12-10-22(2)11-13-23)15-17-6-4-5-7-20(17)24-21(18)14-16/h4-9,14,19H,3,10-13,15H2,1-2H3. The summed E-state index contributed by atoms with van der Waals surface area (Å²) in [5.74, 6) is 0. The third kappa shape index (κ3) is 3.13. The lowest BCUT2D eigenvalue weighted by Crippen LogP contribution is -2.46. The van der Waals surface area contributed by atoms with Crippen molar-refractivity contribution >= 4 is 11.8 Å². The van der Waals surface area contributed by atoms with Crippen LogP contribution in [0.25, 0.3) is 0 Å². The Morgan fingerprint density at radius 2 is 1.79 bits per heavy atom. The molecular formula is C21H26N2S. The molecule has 0 bridgehead atoms. The molecule has 2 nitrogen and oxygen atoms in total. The Hall–Kier alpha value is -1.29. The number of fused-ring (bicyclic) bond motifs is 2. The average molecular weight is 339 g/mol. The van der Waals surface area contributed by atoms with Gasteiger partial charge in [-0.25, -0.2) is 0 Å². The average Bonchev–Trinajstić information content (AvgIpc) is 2.78. The van der Waals surface area contributed by atoms with Crippen molar-refractivity contribution in [1.29, 1.82) is 0 Å². The molecule has 24 heavy (non-hydrogen) atoms. The number of rotatable bonds is 2. The first kappa shape index (κ1) is 16.2. The molecule has 2 aromatic rings. The van der Waals surface area contributed by atoms with Gasteiger partial charge in [0.15, 0.2) is 0 Å². The van der Waals surface area contributed by atoms with Gasteiger partial charge >= 0.3 is 0 Å². The summed E-state index contributed by atoms with van der Waals surface area (Å²) in [7, 11) is 2.23. The zero-order valence-corrected chi connectivity index (χ0v) is 15.5. The van der Waals surface area contributed by atoms with Crippen molar-refractivity contribution in [1.82, 2.24) is 9.80 Å². The Morgan fingerprint density at radius 1 is 1.00 bits per heavy atom. The molecule has 3 heteroatoms. The molecule has 0 spiro atoms. The van der Waals surface area contributed by atoms with E-state index < -0.39 is 0 Å². The van der Waals surface area contributed by atoms with Crippen LogP contribution < -0.4 is 0 Å². The minimum Gasteiger partial charge on any atom is -0.304 e. The van der Waals surface area contributed by atoms with Crippen molar-refractivity contribution in [3.05, 3.63) is 59.2 Å². The number of aryl methyl sites for hydroxylation is 1. The minimum absolute atomic E-state index is 0.510. The molecular weight excluding hydrogens is 312 g/mol. The molecule has 2 aromatic carbocycles. The maximum absolute atomic E-state index is 2.70. The van der Waals surface area contributed by atoms with Gasteiger partial charge < -0.3 is 4.90 Å². The van der Waals surface area contributed by atoms with Crippen LogP contribution in [-0.2, 0) is 12.8 Å². The lowest BCUT2D eigenvalue weighted by molar-refractivity contribution is 0.110. The first-order valence-electron chi connectivity index (χ1n) is 9.06. The van der Waals surface area contributed by atoms with Crippen molar-refractivity contribution in [3.8, 4) is 0 Å². The molecule has 0 radical (unpaired) electrons. The molecule has 126 valence electrons. The summed E-state index contributed by atoms with van der Waals surface area (Å²) in [6.07, 6.45) is 2.24. The van der Waals surface area contributed by atoms with Crippen LogP contribution in [0.3, 0.4) is 0 Å². The molecule has 0 amide bonds. The van der Waals surface area contributed by atoms with E-state index in [0.29, 0.717) is 6.04 Å². The van der Waals surface area contributed by atoms with Crippen molar-refractivity contribution in [2.24, 2.45) is 0 Å². The molecule has 4 rings (SSSR count). The molecule has 0 aromatic heterocycles. The number of nitrogens with zero attached hydrogens (tertiary/aromatic N) is 2. The zero-order valence-electron chi connectivity index (χ0n) is 14.7. The fourth-order valence-corrected chi connectivity index (χ4v) is 5.03. The second-order valence-electron chi connectivity index (χ2n) is 6.99. The maximum atomic E-state index is 2.70. The number of piperazine rings is 1. The molecule has 0 N–H and O–H groups in total. The Bertz CT molecular complexity index is 720. The van der Waals surface area contributed by atoms with E-state index in [1.54, 1.807) is 0 Å². The normalized spacial score (nSPS) is 21.8. The van der Waals surface area contributed by atoms with E-state index in [1.165, 1.54) is 52.7 Å². The van der Waals surface area contributed by atoms with E-state index in [-0.39, 0.29) is 0 Å². The van der Waals surface area contributed by atoms with Gasteiger partial charge in [-0.2, -0.15) is 0 Å². The Labute approximate surface area is 149 Å². The van der Waals surface area contributed by atoms with Crippen molar-refractivity contribution < 1.29 is 0 Å². The molecule has 0 aliphatic carbocycles. The number of benzene rings is 2. The topological polar surface area (TPSA) is 6.48 Å². The highest BCUT2D eigenvalue weighted by molar-refractivity contribution is 7.99. The van der Waals surface area contributed by atoms with E-state index in [2.05, 4.69) is 66.2 Å². The van der Waals surface area contributed by atoms with Gasteiger partial charge in [0, 0.05) is 42.0 Å². The van der Waals surface area contributed by atoms with Crippen LogP contribution in [0.15, 0.2) is 52.3 Å². The Balaban J connectivity index is 1.75. The van der Waals surface area contributed by atoms with Gasteiger partial charge in [0.2, 0.25) is 0 Å². The van der Waals surface area contributed by atoms with Gasteiger partial charge in [-0.3, -0.25) is 4.90 Å². The fourth-order valence-electron chi connectivity index (χ4n) is 3.83. The van der Waals surface area contributed by atoms with Gasteiger partial charge in [-0.05, 0) is 48.7 Å². The molecule has 2 aliphatic rings. The third-order valence-electron chi connectivity index (χ3n) is 5.43. The van der Waals surface area contributed by atoms with Gasteiger partial charge in [0.1, 0.15) is 0 Å². The first-order chi connectivity index (χ1) is 11.7. The van der Waals surface area contributed by atoms with Crippen LogP contribution in [-0.4, -0.2) is 43.0 Å². The van der Waals surface area contributed by atoms with E-state index in [0.717, 1.165) is 12.8 Å². The van der Waals surface area contributed by atoms with E-state index >= 15 is 0 Å². The molecule has 0 saturated carbocycles. The van der Waals surface area contributed by atoms with Crippen LogP contribution in [0, 0.1) is 0 Å². The number of likely N-dealkylation sites (N-methyl/N-ethyl adjacent to an activating group) is 1. The monoisotopic (exact) mass is 338 g/mol. The smallest absolute Gasteiger partial charge is 0.0401 e. The van der Waals surface area contributed by atoms with E-state index in [1.807, 2.05) is 11.8 Å². The highest BCUT2D eigenvalue weighted by Crippen LogP contribution is 2.43. The summed E-state index contributed by atoms with van der Waals surface area (Å²) < 4.78 is 0. The predicted octanol–water partition coefficient (Wildman–Crippen LogP) is 4.24. The minimum atomic E-state index is 0.510. The Kier molecular flexibility index (Phi) is 4.66. The van der Waals surface area contributed by atoms with Crippen LogP contribution >= 0.6 is 11.8 Å². The van der Waals surface area contributed by atoms with Crippen molar-refractivity contribution in [2.75, 3.05) is 33.2 Å². The maximum Gasteiger partial charge on any atom is 0.0401 e. The Morgan fingerprint density at radius 3 is 2.58 bits per heavy atom. The molecule has 1 atom stereocenters. The quantitative estimate of drug-likeness (QED) is 0.808. The van der Waals surface area contributed by atoms with Gasteiger partial charge in [-0.15, -0.1) is 0 Å². The summed E-state index contributed by atoms with van der Waals surface area (Å²) in [5, 5.41) is 0. The third-order valence-corrected chi connectivity index (χ3v) is 6.62. The largest absolute Gasteiger partial charge is 0.304 e. The lowest BCUT2D eigenvalue weighted by Gasteiger charge is -2.38. The van der Waals surface area contributed by atoms with E-state index in [4.69, 9.17) is 0 Å². The van der Waals surface area contributed by atoms with Gasteiger partial charge in [-0.1, -0.05) is 49.0 Å². The summed E-state index contributed by atoms with van der Waals surface area (Å²) in [5.41, 5.74) is 4.47. The zero-order chi connectivity index (χ0) is 16.5. The second-order valence-corrected chi connectivity index (χ2v) is 8.08. The molecule has 2 heterocycles. The van der Waals surface area contributed by atoms with Crippen molar-refractivity contribution in [2.45, 2.75) is 35.6 Å². The number of hydrogen-bond acceptors (Lipinski definition) is 3. The van der Waals surface area contributed by atoms with Gasteiger partial charge in [0.05, 0.1) is 0 Å². The predicted molar refractivity (Wildman–Crippen MR) is 102 cm³/mol. The SMILES string of the molecule is CCc1ccc2c(c1)Sc1ccccc1CC2N1CCN(C)CC1. The fraction of sp³-hybridized carbons (Fsp3) is 0.429. The first-order valence-corrected chi connectivity index (χ1v) is 9.87. The van der Waals surface area contributed by atoms with Crippen LogP contribution in [0.1, 0.15) is 29.7 Å². The van der Waals surface area contributed by atoms with E-state index in [9.17, 15) is 0 Å². The van der Waals surface area contributed by atoms with Crippen LogP contribution in [0.5, 0.6) is 0 Å². The summed E-state index contributed by atoms with van der Waals surface area (Å²) in [4.78, 5) is 8.04. The van der Waals surface area contributed by atoms with Crippen LogP contribution in [0.4, 0.5) is 0 Å². The van der Waals surface area contributed by atoms with Crippen molar-refractivity contribution in [3.63, 3.8) is 0 Å². The summed E-state index contributed by atoms with van der Waals surface area (Å²) in [6, 6.07) is 16.6. The highest BCUT2D eigenvalue weighted by Gasteiger charge is 2.29. The number of hydrogen-bond donors (Lipinski definition) is 0. The second kappa shape index (κ2) is 6.91. The van der Waals surface area contributed by atoms with Gasteiger partial charge in [0.25, 0.3) is 0 Å². The molecule has 1 saturated heterocycles. The summed E-state index contributed by atoms with van der Waals surface area (Å²) in [6.45, 7) is 6.93. The lowest BCUT2D eigenvalue weighted by atomic mass is 9.95. The molecule has 1 unspecified atom stereocenters. The molecule has 2 aliphatic heterocycles.